The van der Waals surface area contributed by atoms with Gasteiger partial charge in [0.25, 0.3) is 0 Å². The van der Waals surface area contributed by atoms with Crippen molar-refractivity contribution < 1.29 is 0 Å². The van der Waals surface area contributed by atoms with Gasteiger partial charge in [-0.1, -0.05) is 41.4 Å². The van der Waals surface area contributed by atoms with Crippen LogP contribution in [0.4, 0.5) is 5.82 Å². The lowest BCUT2D eigenvalue weighted by Crippen LogP contribution is -2.20. The van der Waals surface area contributed by atoms with E-state index in [0.29, 0.717) is 33.0 Å². The Hall–Kier alpha value is -2.76. The number of nitrogens with zero attached hydrogens (tertiary/aromatic N) is 4. The number of hydrogen-bond donors (Lipinski definition) is 1. The molecule has 124 valence electrons. The van der Waals surface area contributed by atoms with Crippen LogP contribution in [0, 0.1) is 0 Å². The second kappa shape index (κ2) is 8.37. The van der Waals surface area contributed by atoms with E-state index in [1.165, 1.54) is 0 Å². The summed E-state index contributed by atoms with van der Waals surface area (Å²) < 4.78 is 0. The molecule has 0 aliphatic heterocycles. The van der Waals surface area contributed by atoms with E-state index < -0.39 is 0 Å². The van der Waals surface area contributed by atoms with Crippen LogP contribution in [0.25, 0.3) is 0 Å². The Kier molecular flexibility index (Phi) is 5.72. The van der Waals surface area contributed by atoms with Gasteiger partial charge in [-0.3, -0.25) is 10.4 Å². The number of hydrogen-bond acceptors (Lipinski definition) is 4. The highest BCUT2D eigenvalue weighted by atomic mass is 35.5. The van der Waals surface area contributed by atoms with Crippen molar-refractivity contribution >= 4 is 41.1 Å². The lowest BCUT2D eigenvalue weighted by Gasteiger charge is -2.05. The van der Waals surface area contributed by atoms with Crippen LogP contribution in [-0.4, -0.2) is 22.0 Å². The van der Waals surface area contributed by atoms with Gasteiger partial charge in [-0.15, -0.1) is 0 Å². The number of nitrogens with one attached hydrogen (secondary N) is 1. The number of halogens is 2. The van der Waals surface area contributed by atoms with Gasteiger partial charge in [0.05, 0.1) is 16.3 Å². The topological polar surface area (TPSA) is 62.5 Å². The van der Waals surface area contributed by atoms with Crippen molar-refractivity contribution in [3.05, 3.63) is 88.3 Å². The minimum Gasteiger partial charge on any atom is -0.259 e. The minimum atomic E-state index is 0.457. The summed E-state index contributed by atoms with van der Waals surface area (Å²) in [5.41, 5.74) is 4.14. The average molecular weight is 370 g/mol. The summed E-state index contributed by atoms with van der Waals surface area (Å²) in [5.74, 6) is 1.00. The minimum absolute atomic E-state index is 0.457. The molecule has 1 N–H and O–H groups in total. The van der Waals surface area contributed by atoms with Gasteiger partial charge in [0.15, 0.2) is 11.7 Å². The SMILES string of the molecule is Clc1cccc(Cl)c1/C=N\NC(=Nc1ccccn1)c1ccccn1. The van der Waals surface area contributed by atoms with Crippen molar-refractivity contribution in [2.75, 3.05) is 0 Å². The highest BCUT2D eigenvalue weighted by Crippen LogP contribution is 2.22. The van der Waals surface area contributed by atoms with E-state index in [1.807, 2.05) is 30.3 Å². The third-order valence-corrected chi connectivity index (χ3v) is 3.81. The first kappa shape index (κ1) is 17.1. The van der Waals surface area contributed by atoms with Gasteiger partial charge in [-0.05, 0) is 36.4 Å². The predicted octanol–water partition coefficient (Wildman–Crippen LogP) is 4.49. The van der Waals surface area contributed by atoms with Gasteiger partial charge < -0.3 is 0 Å². The molecule has 0 atom stereocenters. The monoisotopic (exact) mass is 369 g/mol. The van der Waals surface area contributed by atoms with Crippen molar-refractivity contribution in [1.82, 2.24) is 15.4 Å². The van der Waals surface area contributed by atoms with E-state index >= 15 is 0 Å². The quantitative estimate of drug-likeness (QED) is 0.418. The predicted molar refractivity (Wildman–Crippen MR) is 102 cm³/mol. The number of amidine groups is 1. The van der Waals surface area contributed by atoms with Crippen LogP contribution < -0.4 is 5.43 Å². The first-order chi connectivity index (χ1) is 12.2. The van der Waals surface area contributed by atoms with Crippen molar-refractivity contribution in [1.29, 1.82) is 0 Å². The molecule has 0 unspecified atom stereocenters. The molecule has 0 aliphatic carbocycles. The zero-order valence-electron chi connectivity index (χ0n) is 13.0. The Labute approximate surface area is 155 Å². The summed E-state index contributed by atoms with van der Waals surface area (Å²) in [6.07, 6.45) is 4.89. The molecule has 0 fully saturated rings. The van der Waals surface area contributed by atoms with Crippen molar-refractivity contribution in [2.45, 2.75) is 0 Å². The van der Waals surface area contributed by atoms with Crippen molar-refractivity contribution in [3.63, 3.8) is 0 Å². The molecule has 0 amide bonds. The Balaban J connectivity index is 1.89. The summed E-state index contributed by atoms with van der Waals surface area (Å²) in [7, 11) is 0. The molecule has 0 aliphatic rings. The number of rotatable bonds is 4. The average Bonchev–Trinajstić information content (AvgIpc) is 2.65. The fourth-order valence-corrected chi connectivity index (χ4v) is 2.46. The molecule has 2 aromatic heterocycles. The molecule has 3 aromatic rings. The standard InChI is InChI=1S/C18H13Cl2N5/c19-14-6-5-7-15(20)13(14)12-23-25-18(16-8-1-3-10-21-16)24-17-9-2-4-11-22-17/h1-12H,(H,22,24,25)/b23-12-. The molecule has 7 heteroatoms. The van der Waals surface area contributed by atoms with Crippen LogP contribution in [0.1, 0.15) is 11.3 Å². The van der Waals surface area contributed by atoms with Gasteiger partial charge in [0.1, 0.15) is 5.69 Å². The number of hydrazone groups is 1. The molecular weight excluding hydrogens is 357 g/mol. The number of pyridine rings is 2. The highest BCUT2D eigenvalue weighted by molar-refractivity contribution is 6.38. The third kappa shape index (κ3) is 4.62. The number of benzene rings is 1. The summed E-state index contributed by atoms with van der Waals surface area (Å²) in [6, 6.07) is 16.3. The molecular formula is C18H13Cl2N5. The Morgan fingerprint density at radius 1 is 0.880 bits per heavy atom. The normalized spacial score (nSPS) is 11.7. The van der Waals surface area contributed by atoms with E-state index in [9.17, 15) is 0 Å². The lowest BCUT2D eigenvalue weighted by atomic mass is 10.2. The molecule has 25 heavy (non-hydrogen) atoms. The third-order valence-electron chi connectivity index (χ3n) is 3.15. The van der Waals surface area contributed by atoms with Crippen molar-refractivity contribution in [3.8, 4) is 0 Å². The van der Waals surface area contributed by atoms with Gasteiger partial charge >= 0.3 is 0 Å². The van der Waals surface area contributed by atoms with Crippen molar-refractivity contribution in [2.24, 2.45) is 10.1 Å². The molecule has 1 aromatic carbocycles. The van der Waals surface area contributed by atoms with Crippen LogP contribution in [0.15, 0.2) is 77.1 Å². The molecule has 5 nitrogen and oxygen atoms in total. The lowest BCUT2D eigenvalue weighted by molar-refractivity contribution is 1.01. The fourth-order valence-electron chi connectivity index (χ4n) is 1.97. The molecule has 0 saturated heterocycles. The Morgan fingerprint density at radius 2 is 1.60 bits per heavy atom. The summed E-state index contributed by atoms with van der Waals surface area (Å²) in [4.78, 5) is 12.9. The Bertz CT molecular complexity index is 876. The van der Waals surface area contributed by atoms with E-state index in [4.69, 9.17) is 23.2 Å². The molecule has 0 spiro atoms. The molecule has 0 bridgehead atoms. The number of aliphatic imine (C=N–C) groups is 1. The maximum absolute atomic E-state index is 6.14. The smallest absolute Gasteiger partial charge is 0.174 e. The second-order valence-electron chi connectivity index (χ2n) is 4.87. The molecule has 2 heterocycles. The van der Waals surface area contributed by atoms with E-state index in [2.05, 4.69) is 25.5 Å². The van der Waals surface area contributed by atoms with Crippen LogP contribution in [0.3, 0.4) is 0 Å². The van der Waals surface area contributed by atoms with Crippen LogP contribution >= 0.6 is 23.2 Å². The maximum Gasteiger partial charge on any atom is 0.174 e. The van der Waals surface area contributed by atoms with Crippen LogP contribution in [0.2, 0.25) is 10.0 Å². The zero-order valence-corrected chi connectivity index (χ0v) is 14.5. The second-order valence-corrected chi connectivity index (χ2v) is 5.68. The number of aromatic nitrogens is 2. The fraction of sp³-hybridized carbons (Fsp3) is 0. The largest absolute Gasteiger partial charge is 0.259 e. The van der Waals surface area contributed by atoms with Gasteiger partial charge in [0.2, 0.25) is 0 Å². The maximum atomic E-state index is 6.14. The summed E-state index contributed by atoms with van der Waals surface area (Å²) in [6.45, 7) is 0. The summed E-state index contributed by atoms with van der Waals surface area (Å²) in [5, 5.41) is 5.22. The Morgan fingerprint density at radius 3 is 2.24 bits per heavy atom. The van der Waals surface area contributed by atoms with Gasteiger partial charge in [-0.25, -0.2) is 9.98 Å². The molecule has 0 saturated carbocycles. The molecule has 3 rings (SSSR count). The zero-order chi connectivity index (χ0) is 17.5. The van der Waals surface area contributed by atoms with E-state index in [0.717, 1.165) is 0 Å². The first-order valence-electron chi connectivity index (χ1n) is 7.38. The first-order valence-corrected chi connectivity index (χ1v) is 8.14. The summed E-state index contributed by atoms with van der Waals surface area (Å²) >= 11 is 12.3. The molecule has 0 radical (unpaired) electrons. The van der Waals surface area contributed by atoms with E-state index in [1.54, 1.807) is 42.9 Å². The highest BCUT2D eigenvalue weighted by Gasteiger charge is 2.06. The van der Waals surface area contributed by atoms with Gasteiger partial charge in [0, 0.05) is 18.0 Å². The van der Waals surface area contributed by atoms with E-state index in [-0.39, 0.29) is 0 Å². The van der Waals surface area contributed by atoms with Crippen LogP contribution in [0.5, 0.6) is 0 Å². The van der Waals surface area contributed by atoms with Gasteiger partial charge in [-0.2, -0.15) is 5.10 Å². The van der Waals surface area contributed by atoms with Crippen LogP contribution in [-0.2, 0) is 0 Å².